The Balaban J connectivity index is 1.68. The van der Waals surface area contributed by atoms with Crippen LogP contribution in [0, 0.1) is 0 Å². The topological polar surface area (TPSA) is 75.0 Å². The molecule has 1 aliphatic carbocycles. The first-order valence-corrected chi connectivity index (χ1v) is 5.93. The SMILES string of the molecule is CN(Cc1ccoc1)C(=O)c1n[nH]c(C2CC2)n1. The number of aromatic nitrogens is 3. The number of hydrogen-bond donors (Lipinski definition) is 1. The molecule has 0 spiro atoms. The van der Waals surface area contributed by atoms with Gasteiger partial charge in [0.2, 0.25) is 5.82 Å². The molecule has 0 aromatic carbocycles. The molecule has 6 heteroatoms. The van der Waals surface area contributed by atoms with Crippen molar-refractivity contribution in [3.8, 4) is 0 Å². The van der Waals surface area contributed by atoms with Crippen LogP contribution in [0.5, 0.6) is 0 Å². The second-order valence-electron chi connectivity index (χ2n) is 4.61. The zero-order chi connectivity index (χ0) is 12.5. The van der Waals surface area contributed by atoms with Crippen molar-refractivity contribution in [2.24, 2.45) is 0 Å². The average molecular weight is 246 g/mol. The lowest BCUT2D eigenvalue weighted by atomic mass is 10.3. The predicted molar refractivity (Wildman–Crippen MR) is 62.9 cm³/mol. The van der Waals surface area contributed by atoms with Crippen LogP contribution in [0.1, 0.15) is 40.8 Å². The molecule has 2 aromatic heterocycles. The second kappa shape index (κ2) is 4.29. The van der Waals surface area contributed by atoms with Gasteiger partial charge in [-0.3, -0.25) is 9.89 Å². The third kappa shape index (κ3) is 2.13. The molecule has 1 amide bonds. The lowest BCUT2D eigenvalue weighted by molar-refractivity contribution is 0.0773. The normalized spacial score (nSPS) is 14.7. The molecule has 1 fully saturated rings. The summed E-state index contributed by atoms with van der Waals surface area (Å²) in [5.74, 6) is 1.36. The Morgan fingerprint density at radius 3 is 3.11 bits per heavy atom. The van der Waals surface area contributed by atoms with Gasteiger partial charge in [0.1, 0.15) is 5.82 Å². The number of carbonyl (C=O) groups excluding carboxylic acids is 1. The zero-order valence-electron chi connectivity index (χ0n) is 10.1. The van der Waals surface area contributed by atoms with E-state index in [0.717, 1.165) is 24.2 Å². The minimum absolute atomic E-state index is 0.181. The number of nitrogens with one attached hydrogen (secondary N) is 1. The van der Waals surface area contributed by atoms with Crippen LogP contribution in [-0.2, 0) is 6.54 Å². The fourth-order valence-corrected chi connectivity index (χ4v) is 1.81. The van der Waals surface area contributed by atoms with E-state index in [1.807, 2.05) is 6.07 Å². The summed E-state index contributed by atoms with van der Waals surface area (Å²) in [5.41, 5.74) is 0.948. The lowest BCUT2D eigenvalue weighted by Gasteiger charge is -2.13. The van der Waals surface area contributed by atoms with E-state index in [0.29, 0.717) is 12.5 Å². The van der Waals surface area contributed by atoms with Crippen molar-refractivity contribution in [3.05, 3.63) is 35.8 Å². The van der Waals surface area contributed by atoms with Crippen LogP contribution < -0.4 is 0 Å². The first kappa shape index (κ1) is 11.0. The average Bonchev–Trinajstić information content (AvgIpc) is 2.91. The highest BCUT2D eigenvalue weighted by Crippen LogP contribution is 2.37. The van der Waals surface area contributed by atoms with Gasteiger partial charge in [0.25, 0.3) is 5.91 Å². The van der Waals surface area contributed by atoms with Gasteiger partial charge >= 0.3 is 0 Å². The van der Waals surface area contributed by atoms with Gasteiger partial charge in [-0.2, -0.15) is 0 Å². The molecular formula is C12H14N4O2. The molecule has 0 radical (unpaired) electrons. The van der Waals surface area contributed by atoms with E-state index < -0.39 is 0 Å². The number of nitrogens with zero attached hydrogens (tertiary/aromatic N) is 3. The van der Waals surface area contributed by atoms with Crippen LogP contribution in [0.15, 0.2) is 23.0 Å². The molecule has 1 saturated carbocycles. The number of carbonyl (C=O) groups is 1. The van der Waals surface area contributed by atoms with E-state index in [1.54, 1.807) is 24.5 Å². The van der Waals surface area contributed by atoms with Crippen molar-refractivity contribution in [3.63, 3.8) is 0 Å². The Morgan fingerprint density at radius 1 is 1.61 bits per heavy atom. The van der Waals surface area contributed by atoms with Gasteiger partial charge in [-0.1, -0.05) is 0 Å². The van der Waals surface area contributed by atoms with Crippen molar-refractivity contribution in [1.29, 1.82) is 0 Å². The van der Waals surface area contributed by atoms with Crippen LogP contribution in [0.4, 0.5) is 0 Å². The van der Waals surface area contributed by atoms with Crippen LogP contribution in [0.3, 0.4) is 0 Å². The predicted octanol–water partition coefficient (Wildman–Crippen LogP) is 1.55. The molecule has 1 N–H and O–H groups in total. The molecule has 18 heavy (non-hydrogen) atoms. The standard InChI is InChI=1S/C12H14N4O2/c1-16(6-8-4-5-18-7-8)12(17)11-13-10(14-15-11)9-2-3-9/h4-5,7,9H,2-3,6H2,1H3,(H,13,14,15). The van der Waals surface area contributed by atoms with Crippen molar-refractivity contribution in [2.75, 3.05) is 7.05 Å². The largest absolute Gasteiger partial charge is 0.472 e. The molecule has 2 heterocycles. The minimum Gasteiger partial charge on any atom is -0.472 e. The van der Waals surface area contributed by atoms with Gasteiger partial charge in [0.05, 0.1) is 12.5 Å². The van der Waals surface area contributed by atoms with Crippen molar-refractivity contribution in [1.82, 2.24) is 20.1 Å². The van der Waals surface area contributed by atoms with E-state index in [9.17, 15) is 4.79 Å². The van der Waals surface area contributed by atoms with E-state index in [2.05, 4.69) is 15.2 Å². The lowest BCUT2D eigenvalue weighted by Crippen LogP contribution is -2.27. The first-order chi connectivity index (χ1) is 8.74. The molecule has 94 valence electrons. The maximum absolute atomic E-state index is 12.1. The van der Waals surface area contributed by atoms with Crippen LogP contribution in [0.2, 0.25) is 0 Å². The summed E-state index contributed by atoms with van der Waals surface area (Å²) in [6.07, 6.45) is 5.48. The van der Waals surface area contributed by atoms with Crippen LogP contribution >= 0.6 is 0 Å². The van der Waals surface area contributed by atoms with Gasteiger partial charge in [-0.05, 0) is 18.9 Å². The summed E-state index contributed by atoms with van der Waals surface area (Å²) in [4.78, 5) is 17.9. The highest BCUT2D eigenvalue weighted by atomic mass is 16.3. The van der Waals surface area contributed by atoms with E-state index in [1.165, 1.54) is 0 Å². The number of aromatic amines is 1. The fourth-order valence-electron chi connectivity index (χ4n) is 1.81. The Labute approximate surface area is 104 Å². The Kier molecular flexibility index (Phi) is 2.62. The van der Waals surface area contributed by atoms with Gasteiger partial charge in [-0.25, -0.2) is 4.98 Å². The van der Waals surface area contributed by atoms with Crippen LogP contribution in [-0.4, -0.2) is 33.0 Å². The minimum atomic E-state index is -0.181. The van der Waals surface area contributed by atoms with Gasteiger partial charge in [-0.15, -0.1) is 5.10 Å². The number of furan rings is 1. The zero-order valence-corrected chi connectivity index (χ0v) is 10.1. The van der Waals surface area contributed by atoms with E-state index in [-0.39, 0.29) is 11.7 Å². The van der Waals surface area contributed by atoms with E-state index in [4.69, 9.17) is 4.42 Å². The quantitative estimate of drug-likeness (QED) is 0.888. The summed E-state index contributed by atoms with van der Waals surface area (Å²) >= 11 is 0. The van der Waals surface area contributed by atoms with Crippen molar-refractivity contribution >= 4 is 5.91 Å². The van der Waals surface area contributed by atoms with Gasteiger partial charge in [0.15, 0.2) is 0 Å². The molecule has 1 aliphatic rings. The summed E-state index contributed by atoms with van der Waals surface area (Å²) in [5, 5.41) is 6.81. The number of amides is 1. The second-order valence-corrected chi connectivity index (χ2v) is 4.61. The molecule has 3 rings (SSSR count). The first-order valence-electron chi connectivity index (χ1n) is 5.93. The maximum atomic E-state index is 12.1. The van der Waals surface area contributed by atoms with Crippen LogP contribution in [0.25, 0.3) is 0 Å². The third-order valence-corrected chi connectivity index (χ3v) is 3.00. The summed E-state index contributed by atoms with van der Waals surface area (Å²) in [6, 6.07) is 1.83. The number of H-pyrrole nitrogens is 1. The number of hydrogen-bond acceptors (Lipinski definition) is 4. The summed E-state index contributed by atoms with van der Waals surface area (Å²) in [6.45, 7) is 0.489. The van der Waals surface area contributed by atoms with E-state index >= 15 is 0 Å². The van der Waals surface area contributed by atoms with Gasteiger partial charge < -0.3 is 9.32 Å². The Morgan fingerprint density at radius 2 is 2.44 bits per heavy atom. The Bertz CT molecular complexity index is 542. The smallest absolute Gasteiger partial charge is 0.293 e. The molecule has 0 aliphatic heterocycles. The summed E-state index contributed by atoms with van der Waals surface area (Å²) < 4.78 is 4.97. The molecular weight excluding hydrogens is 232 g/mol. The van der Waals surface area contributed by atoms with Gasteiger partial charge in [0, 0.05) is 25.1 Å². The third-order valence-electron chi connectivity index (χ3n) is 3.00. The maximum Gasteiger partial charge on any atom is 0.293 e. The summed E-state index contributed by atoms with van der Waals surface area (Å²) in [7, 11) is 1.72. The molecule has 0 bridgehead atoms. The van der Waals surface area contributed by atoms with Crippen molar-refractivity contribution in [2.45, 2.75) is 25.3 Å². The monoisotopic (exact) mass is 246 g/mol. The highest BCUT2D eigenvalue weighted by molar-refractivity contribution is 5.90. The molecule has 0 saturated heterocycles. The van der Waals surface area contributed by atoms with Crippen molar-refractivity contribution < 1.29 is 9.21 Å². The fraction of sp³-hybridized carbons (Fsp3) is 0.417. The molecule has 0 unspecified atom stereocenters. The highest BCUT2D eigenvalue weighted by Gasteiger charge is 2.28. The molecule has 0 atom stereocenters. The number of rotatable bonds is 4. The molecule has 6 nitrogen and oxygen atoms in total. The Hall–Kier alpha value is -2.11. The molecule has 2 aromatic rings.